The van der Waals surface area contributed by atoms with Gasteiger partial charge in [-0.15, -0.1) is 0 Å². The Morgan fingerprint density at radius 1 is 1.06 bits per heavy atom. The van der Waals surface area contributed by atoms with Gasteiger partial charge in [0.1, 0.15) is 0 Å². The van der Waals surface area contributed by atoms with Crippen molar-refractivity contribution in [1.29, 1.82) is 0 Å². The topological polar surface area (TPSA) is 29.3 Å². The number of hydrogen-bond donors (Lipinski definition) is 1. The lowest BCUT2D eigenvalue weighted by molar-refractivity contribution is 0.0877. The van der Waals surface area contributed by atoms with Gasteiger partial charge in [-0.05, 0) is 63.5 Å². The van der Waals surface area contributed by atoms with Gasteiger partial charge in [0.25, 0.3) is 0 Å². The fraction of sp³-hybridized carbons (Fsp3) is 1.00. The van der Waals surface area contributed by atoms with Crippen molar-refractivity contribution in [2.45, 2.75) is 52.0 Å². The molecule has 0 spiro atoms. The van der Waals surface area contributed by atoms with Gasteiger partial charge in [-0.3, -0.25) is 0 Å². The van der Waals surface area contributed by atoms with Crippen LogP contribution in [-0.4, -0.2) is 30.6 Å². The van der Waals surface area contributed by atoms with Gasteiger partial charge < -0.3 is 10.6 Å². The summed E-state index contributed by atoms with van der Waals surface area (Å²) in [6.07, 6.45) is 7.01. The molecule has 16 heavy (non-hydrogen) atoms. The molecule has 1 aliphatic carbocycles. The average Bonchev–Trinajstić information content (AvgIpc) is 2.72. The lowest BCUT2D eigenvalue weighted by atomic mass is 9.89. The van der Waals surface area contributed by atoms with Gasteiger partial charge in [-0.25, -0.2) is 0 Å². The summed E-state index contributed by atoms with van der Waals surface area (Å²) in [7, 11) is 0. The molecule has 2 aliphatic rings. The molecule has 0 bridgehead atoms. The van der Waals surface area contributed by atoms with E-state index in [9.17, 15) is 0 Å². The second kappa shape index (κ2) is 5.50. The van der Waals surface area contributed by atoms with Crippen LogP contribution in [0.15, 0.2) is 0 Å². The lowest BCUT2D eigenvalue weighted by Gasteiger charge is -2.40. The molecule has 2 nitrogen and oxygen atoms in total. The van der Waals surface area contributed by atoms with E-state index in [1.54, 1.807) is 0 Å². The molecular weight excluding hydrogens is 196 g/mol. The maximum Gasteiger partial charge on any atom is 0.00926 e. The van der Waals surface area contributed by atoms with Gasteiger partial charge >= 0.3 is 0 Å². The van der Waals surface area contributed by atoms with E-state index in [2.05, 4.69) is 18.7 Å². The van der Waals surface area contributed by atoms with Crippen LogP contribution in [0.25, 0.3) is 0 Å². The highest BCUT2D eigenvalue weighted by Gasteiger charge is 2.31. The Bertz CT molecular complexity index is 217. The van der Waals surface area contributed by atoms with Crippen molar-refractivity contribution in [2.24, 2.45) is 23.5 Å². The number of hydrogen-bond acceptors (Lipinski definition) is 2. The van der Waals surface area contributed by atoms with Crippen molar-refractivity contribution in [3.63, 3.8) is 0 Å². The summed E-state index contributed by atoms with van der Waals surface area (Å²) in [5.41, 5.74) is 5.87. The summed E-state index contributed by atoms with van der Waals surface area (Å²) in [4.78, 5) is 2.73. The standard InChI is InChI=1S/C14H28N2/c1-11-5-4-8-16(12(11)2)10-14-7-3-6-13(14)9-15/h11-14H,3-10,15H2,1-2H3. The van der Waals surface area contributed by atoms with Gasteiger partial charge in [0.2, 0.25) is 0 Å². The minimum absolute atomic E-state index is 0.785. The molecule has 0 aromatic heterocycles. The smallest absolute Gasteiger partial charge is 0.00926 e. The van der Waals surface area contributed by atoms with Gasteiger partial charge in [-0.2, -0.15) is 0 Å². The van der Waals surface area contributed by atoms with Crippen LogP contribution in [0.1, 0.15) is 46.0 Å². The molecule has 0 aromatic carbocycles. The third-order valence-corrected chi connectivity index (χ3v) is 5.09. The molecule has 0 radical (unpaired) electrons. The molecule has 1 heterocycles. The highest BCUT2D eigenvalue weighted by atomic mass is 15.2. The van der Waals surface area contributed by atoms with E-state index in [1.165, 1.54) is 45.2 Å². The molecule has 2 N–H and O–H groups in total. The van der Waals surface area contributed by atoms with E-state index in [4.69, 9.17) is 5.73 Å². The van der Waals surface area contributed by atoms with Crippen LogP contribution in [0.3, 0.4) is 0 Å². The number of likely N-dealkylation sites (tertiary alicyclic amines) is 1. The zero-order valence-electron chi connectivity index (χ0n) is 11.0. The fourth-order valence-corrected chi connectivity index (χ4v) is 3.64. The van der Waals surface area contributed by atoms with Crippen molar-refractivity contribution in [1.82, 2.24) is 4.90 Å². The monoisotopic (exact) mass is 224 g/mol. The molecule has 2 rings (SSSR count). The molecule has 2 fully saturated rings. The van der Waals surface area contributed by atoms with Crippen LogP contribution in [0.5, 0.6) is 0 Å². The molecule has 0 amide bonds. The first-order valence-corrected chi connectivity index (χ1v) is 7.16. The molecule has 0 aromatic rings. The van der Waals surface area contributed by atoms with Gasteiger partial charge in [0.05, 0.1) is 0 Å². The highest BCUT2D eigenvalue weighted by molar-refractivity contribution is 4.85. The predicted octanol–water partition coefficient (Wildman–Crippen LogP) is 2.48. The Hall–Kier alpha value is -0.0800. The first kappa shape index (κ1) is 12.4. The molecular formula is C14H28N2. The Kier molecular flexibility index (Phi) is 4.26. The van der Waals surface area contributed by atoms with Crippen molar-refractivity contribution in [2.75, 3.05) is 19.6 Å². The van der Waals surface area contributed by atoms with Crippen LogP contribution in [0, 0.1) is 17.8 Å². The number of rotatable bonds is 3. The molecule has 4 atom stereocenters. The number of nitrogens with two attached hydrogens (primary N) is 1. The third kappa shape index (κ3) is 2.60. The molecule has 4 unspecified atom stereocenters. The molecule has 2 heteroatoms. The molecule has 94 valence electrons. The van der Waals surface area contributed by atoms with Crippen molar-refractivity contribution in [3.8, 4) is 0 Å². The van der Waals surface area contributed by atoms with E-state index in [0.29, 0.717) is 0 Å². The SMILES string of the molecule is CC1CCCN(CC2CCCC2CN)C1C. The molecule has 1 saturated heterocycles. The quantitative estimate of drug-likeness (QED) is 0.798. The molecule has 1 saturated carbocycles. The Morgan fingerprint density at radius 3 is 2.56 bits per heavy atom. The van der Waals surface area contributed by atoms with E-state index >= 15 is 0 Å². The second-order valence-corrected chi connectivity index (χ2v) is 6.04. The maximum absolute atomic E-state index is 5.87. The van der Waals surface area contributed by atoms with Crippen LogP contribution in [0.2, 0.25) is 0 Å². The zero-order chi connectivity index (χ0) is 11.5. The van der Waals surface area contributed by atoms with Crippen LogP contribution in [-0.2, 0) is 0 Å². The summed E-state index contributed by atoms with van der Waals surface area (Å²) in [5.74, 6) is 2.58. The van der Waals surface area contributed by atoms with Crippen molar-refractivity contribution in [3.05, 3.63) is 0 Å². The predicted molar refractivity (Wildman–Crippen MR) is 69.3 cm³/mol. The van der Waals surface area contributed by atoms with E-state index in [0.717, 1.165) is 30.3 Å². The molecule has 1 aliphatic heterocycles. The van der Waals surface area contributed by atoms with Gasteiger partial charge in [0, 0.05) is 12.6 Å². The maximum atomic E-state index is 5.87. The first-order valence-electron chi connectivity index (χ1n) is 7.16. The van der Waals surface area contributed by atoms with Crippen molar-refractivity contribution < 1.29 is 0 Å². The third-order valence-electron chi connectivity index (χ3n) is 5.09. The highest BCUT2D eigenvalue weighted by Crippen LogP contribution is 2.33. The fourth-order valence-electron chi connectivity index (χ4n) is 3.64. The van der Waals surface area contributed by atoms with Gasteiger partial charge in [-0.1, -0.05) is 13.3 Å². The minimum Gasteiger partial charge on any atom is -0.330 e. The average molecular weight is 224 g/mol. The first-order chi connectivity index (χ1) is 7.72. The normalized spacial score (nSPS) is 41.4. The largest absolute Gasteiger partial charge is 0.330 e. The lowest BCUT2D eigenvalue weighted by Crippen LogP contribution is -2.45. The summed E-state index contributed by atoms with van der Waals surface area (Å²) < 4.78 is 0. The summed E-state index contributed by atoms with van der Waals surface area (Å²) >= 11 is 0. The second-order valence-electron chi connectivity index (χ2n) is 6.04. The van der Waals surface area contributed by atoms with Crippen LogP contribution in [0.4, 0.5) is 0 Å². The van der Waals surface area contributed by atoms with Crippen LogP contribution < -0.4 is 5.73 Å². The Labute approximate surface area is 101 Å². The van der Waals surface area contributed by atoms with Gasteiger partial charge in [0.15, 0.2) is 0 Å². The summed E-state index contributed by atoms with van der Waals surface area (Å²) in [6.45, 7) is 8.36. The van der Waals surface area contributed by atoms with Crippen molar-refractivity contribution >= 4 is 0 Å². The number of piperidine rings is 1. The summed E-state index contributed by atoms with van der Waals surface area (Å²) in [5, 5.41) is 0. The summed E-state index contributed by atoms with van der Waals surface area (Å²) in [6, 6.07) is 0.785. The van der Waals surface area contributed by atoms with E-state index in [1.807, 2.05) is 0 Å². The Balaban J connectivity index is 1.88. The van der Waals surface area contributed by atoms with E-state index in [-0.39, 0.29) is 0 Å². The minimum atomic E-state index is 0.785. The zero-order valence-corrected chi connectivity index (χ0v) is 11.0. The number of nitrogens with zero attached hydrogens (tertiary/aromatic N) is 1. The Morgan fingerprint density at radius 2 is 1.81 bits per heavy atom. The van der Waals surface area contributed by atoms with E-state index < -0.39 is 0 Å². The van der Waals surface area contributed by atoms with Crippen LogP contribution >= 0.6 is 0 Å².